The number of hydrogen-bond acceptors (Lipinski definition) is 2. The highest BCUT2D eigenvalue weighted by atomic mass is 16.4. The molecule has 0 saturated carbocycles. The maximum absolute atomic E-state index is 12.1. The number of likely N-dealkylation sites (tertiary alicyclic amines) is 1. The lowest BCUT2D eigenvalue weighted by atomic mass is 10.0. The third-order valence-corrected chi connectivity index (χ3v) is 3.66. The van der Waals surface area contributed by atoms with Crippen LogP contribution in [0.15, 0.2) is 0 Å². The average molecular weight is 270 g/mol. The van der Waals surface area contributed by atoms with Gasteiger partial charge in [-0.1, -0.05) is 26.7 Å². The van der Waals surface area contributed by atoms with E-state index in [1.54, 1.807) is 0 Å². The summed E-state index contributed by atoms with van der Waals surface area (Å²) in [7, 11) is 0. The van der Waals surface area contributed by atoms with Crippen molar-refractivity contribution in [3.8, 4) is 0 Å². The zero-order chi connectivity index (χ0) is 14.3. The first-order valence-corrected chi connectivity index (χ1v) is 7.34. The van der Waals surface area contributed by atoms with Crippen LogP contribution in [0.1, 0.15) is 52.4 Å². The highest BCUT2D eigenvalue weighted by molar-refractivity contribution is 5.76. The van der Waals surface area contributed by atoms with Crippen molar-refractivity contribution in [3.05, 3.63) is 0 Å². The van der Waals surface area contributed by atoms with E-state index in [1.165, 1.54) is 0 Å². The van der Waals surface area contributed by atoms with Crippen molar-refractivity contribution in [2.75, 3.05) is 13.1 Å². The average Bonchev–Trinajstić information content (AvgIpc) is 2.77. The molecular formula is C14H26N2O3. The van der Waals surface area contributed by atoms with Gasteiger partial charge in [-0.15, -0.1) is 0 Å². The molecule has 0 radical (unpaired) electrons. The van der Waals surface area contributed by atoms with Gasteiger partial charge in [-0.2, -0.15) is 0 Å². The second-order valence-electron chi connectivity index (χ2n) is 5.42. The van der Waals surface area contributed by atoms with Crippen LogP contribution in [-0.2, 0) is 4.79 Å². The van der Waals surface area contributed by atoms with E-state index in [0.29, 0.717) is 12.3 Å². The van der Waals surface area contributed by atoms with Gasteiger partial charge in [-0.25, -0.2) is 4.79 Å². The molecule has 0 aliphatic carbocycles. The van der Waals surface area contributed by atoms with Gasteiger partial charge in [0.2, 0.25) is 0 Å². The lowest BCUT2D eigenvalue weighted by Gasteiger charge is -2.22. The summed E-state index contributed by atoms with van der Waals surface area (Å²) in [4.78, 5) is 24.7. The summed E-state index contributed by atoms with van der Waals surface area (Å²) in [6.07, 6.45) is 4.97. The lowest BCUT2D eigenvalue weighted by molar-refractivity contribution is -0.137. The fraction of sp³-hybridized carbons (Fsp3) is 0.857. The van der Waals surface area contributed by atoms with E-state index >= 15 is 0 Å². The van der Waals surface area contributed by atoms with E-state index in [-0.39, 0.29) is 18.5 Å². The number of carboxylic acids is 1. The smallest absolute Gasteiger partial charge is 0.317 e. The minimum atomic E-state index is -0.857. The van der Waals surface area contributed by atoms with Crippen LogP contribution in [-0.4, -0.2) is 41.1 Å². The maximum atomic E-state index is 12.1. The first-order valence-electron chi connectivity index (χ1n) is 7.34. The Balaban J connectivity index is 2.41. The molecule has 0 bridgehead atoms. The lowest BCUT2D eigenvalue weighted by Crippen LogP contribution is -2.44. The second-order valence-corrected chi connectivity index (χ2v) is 5.42. The summed E-state index contributed by atoms with van der Waals surface area (Å²) in [5.74, 6) is -0.246. The molecule has 1 fully saturated rings. The molecule has 1 aliphatic heterocycles. The number of hydrogen-bond donors (Lipinski definition) is 2. The van der Waals surface area contributed by atoms with Crippen molar-refractivity contribution in [1.82, 2.24) is 10.2 Å². The summed E-state index contributed by atoms with van der Waals surface area (Å²) >= 11 is 0. The molecule has 2 atom stereocenters. The van der Waals surface area contributed by atoms with Crippen LogP contribution in [0.4, 0.5) is 4.79 Å². The zero-order valence-electron chi connectivity index (χ0n) is 12.0. The van der Waals surface area contributed by atoms with E-state index in [0.717, 1.165) is 38.8 Å². The van der Waals surface area contributed by atoms with E-state index < -0.39 is 5.97 Å². The summed E-state index contributed by atoms with van der Waals surface area (Å²) in [6, 6.07) is -0.349. The number of nitrogens with zero attached hydrogens (tertiary/aromatic N) is 1. The van der Waals surface area contributed by atoms with E-state index in [9.17, 15) is 9.59 Å². The Kier molecular flexibility index (Phi) is 6.67. The van der Waals surface area contributed by atoms with Crippen molar-refractivity contribution in [2.24, 2.45) is 5.92 Å². The van der Waals surface area contributed by atoms with Gasteiger partial charge in [0.05, 0.1) is 6.42 Å². The zero-order valence-corrected chi connectivity index (χ0v) is 12.0. The predicted molar refractivity (Wildman–Crippen MR) is 74.1 cm³/mol. The normalized spacial score (nSPS) is 20.3. The van der Waals surface area contributed by atoms with Gasteiger partial charge in [-0.05, 0) is 25.2 Å². The van der Waals surface area contributed by atoms with Crippen LogP contribution in [0.25, 0.3) is 0 Å². The van der Waals surface area contributed by atoms with Crippen LogP contribution in [0.3, 0.4) is 0 Å². The molecule has 19 heavy (non-hydrogen) atoms. The molecule has 1 saturated heterocycles. The van der Waals surface area contributed by atoms with Crippen molar-refractivity contribution in [1.29, 1.82) is 0 Å². The molecule has 5 nitrogen and oxygen atoms in total. The Bertz CT molecular complexity index is 307. The number of nitrogens with one attached hydrogen (secondary N) is 1. The van der Waals surface area contributed by atoms with Crippen LogP contribution >= 0.6 is 0 Å². The van der Waals surface area contributed by atoms with Gasteiger partial charge >= 0.3 is 12.0 Å². The number of aliphatic carboxylic acids is 1. The van der Waals surface area contributed by atoms with E-state index in [4.69, 9.17) is 5.11 Å². The Morgan fingerprint density at radius 2 is 2.11 bits per heavy atom. The van der Waals surface area contributed by atoms with Crippen LogP contribution in [0.2, 0.25) is 0 Å². The summed E-state index contributed by atoms with van der Waals surface area (Å²) in [5.41, 5.74) is 0. The minimum absolute atomic E-state index is 0.00576. The van der Waals surface area contributed by atoms with Gasteiger partial charge in [0.25, 0.3) is 0 Å². The first-order chi connectivity index (χ1) is 9.06. The number of carbonyl (C=O) groups excluding carboxylic acids is 1. The SMILES string of the molecule is CCCC1CCN(C(=O)NC(CCC)CC(=O)O)C1. The van der Waals surface area contributed by atoms with Gasteiger partial charge in [0.1, 0.15) is 0 Å². The molecule has 110 valence electrons. The molecule has 2 N–H and O–H groups in total. The third-order valence-electron chi connectivity index (χ3n) is 3.66. The molecule has 5 heteroatoms. The number of carbonyl (C=O) groups is 2. The number of urea groups is 1. The molecule has 0 aromatic rings. The molecule has 0 aromatic carbocycles. The molecular weight excluding hydrogens is 244 g/mol. The monoisotopic (exact) mass is 270 g/mol. The fourth-order valence-electron chi connectivity index (χ4n) is 2.71. The topological polar surface area (TPSA) is 69.6 Å². The van der Waals surface area contributed by atoms with E-state index in [2.05, 4.69) is 12.2 Å². The molecule has 0 spiro atoms. The Labute approximate surface area is 115 Å². The molecule has 0 aromatic heterocycles. The van der Waals surface area contributed by atoms with Crippen LogP contribution in [0.5, 0.6) is 0 Å². The minimum Gasteiger partial charge on any atom is -0.481 e. The molecule has 1 heterocycles. The summed E-state index contributed by atoms with van der Waals surface area (Å²) in [5, 5.41) is 11.7. The van der Waals surface area contributed by atoms with Crippen molar-refractivity contribution in [2.45, 2.75) is 58.4 Å². The number of rotatable bonds is 7. The molecule has 2 unspecified atom stereocenters. The Morgan fingerprint density at radius 1 is 1.37 bits per heavy atom. The standard InChI is InChI=1S/C14H26N2O3/c1-3-5-11-7-8-16(10-11)14(19)15-12(6-4-2)9-13(17)18/h11-12H,3-10H2,1-2H3,(H,15,19)(H,17,18). The number of carboxylic acid groups (broad SMARTS) is 1. The third kappa shape index (κ3) is 5.49. The Morgan fingerprint density at radius 3 is 2.68 bits per heavy atom. The largest absolute Gasteiger partial charge is 0.481 e. The number of amides is 2. The van der Waals surface area contributed by atoms with Crippen molar-refractivity contribution in [3.63, 3.8) is 0 Å². The molecule has 1 aliphatic rings. The first kappa shape index (κ1) is 15.8. The van der Waals surface area contributed by atoms with E-state index in [1.807, 2.05) is 11.8 Å². The predicted octanol–water partition coefficient (Wildman–Crippen LogP) is 2.46. The highest BCUT2D eigenvalue weighted by Gasteiger charge is 2.27. The highest BCUT2D eigenvalue weighted by Crippen LogP contribution is 2.20. The summed E-state index contributed by atoms with van der Waals surface area (Å²) in [6.45, 7) is 5.76. The molecule has 1 rings (SSSR count). The second kappa shape index (κ2) is 8.02. The van der Waals surface area contributed by atoms with Crippen LogP contribution in [0, 0.1) is 5.92 Å². The maximum Gasteiger partial charge on any atom is 0.317 e. The van der Waals surface area contributed by atoms with Gasteiger partial charge in [-0.3, -0.25) is 4.79 Å². The van der Waals surface area contributed by atoms with Gasteiger partial charge < -0.3 is 15.3 Å². The van der Waals surface area contributed by atoms with Crippen molar-refractivity contribution >= 4 is 12.0 Å². The quantitative estimate of drug-likeness (QED) is 0.746. The van der Waals surface area contributed by atoms with Gasteiger partial charge in [0, 0.05) is 19.1 Å². The molecule has 2 amide bonds. The Hall–Kier alpha value is -1.26. The van der Waals surface area contributed by atoms with Crippen LogP contribution < -0.4 is 5.32 Å². The van der Waals surface area contributed by atoms with Gasteiger partial charge in [0.15, 0.2) is 0 Å². The summed E-state index contributed by atoms with van der Waals surface area (Å²) < 4.78 is 0. The van der Waals surface area contributed by atoms with Crippen molar-refractivity contribution < 1.29 is 14.7 Å². The fourth-order valence-corrected chi connectivity index (χ4v) is 2.71.